The Balaban J connectivity index is 1.42. The minimum Gasteiger partial charge on any atom is -0.388 e. The fraction of sp³-hybridized carbons (Fsp3) is 0.588. The summed E-state index contributed by atoms with van der Waals surface area (Å²) in [5.41, 5.74) is 0.411. The predicted molar refractivity (Wildman–Crippen MR) is 83.3 cm³/mol. The van der Waals surface area contributed by atoms with Crippen LogP contribution in [0, 0.1) is 5.82 Å². The number of aliphatic hydroxyl groups excluding tert-OH is 1. The van der Waals surface area contributed by atoms with Gasteiger partial charge >= 0.3 is 0 Å². The van der Waals surface area contributed by atoms with E-state index >= 15 is 0 Å². The highest BCUT2D eigenvalue weighted by Gasteiger charge is 2.32. The Labute approximate surface area is 135 Å². The molecule has 0 aromatic heterocycles. The molecule has 2 N–H and O–H groups in total. The van der Waals surface area contributed by atoms with Crippen LogP contribution in [0.5, 0.6) is 0 Å². The molecule has 23 heavy (non-hydrogen) atoms. The van der Waals surface area contributed by atoms with E-state index in [0.29, 0.717) is 18.2 Å². The van der Waals surface area contributed by atoms with E-state index in [-0.39, 0.29) is 18.4 Å². The fourth-order valence-electron chi connectivity index (χ4n) is 3.32. The number of aliphatic hydroxyl groups is 1. The van der Waals surface area contributed by atoms with E-state index in [1.807, 2.05) is 0 Å². The number of halogens is 1. The Bertz CT molecular complexity index is 554. The van der Waals surface area contributed by atoms with Crippen LogP contribution in [0.3, 0.4) is 0 Å². The van der Waals surface area contributed by atoms with Crippen LogP contribution in [0.15, 0.2) is 24.3 Å². The van der Waals surface area contributed by atoms with E-state index in [0.717, 1.165) is 19.7 Å². The summed E-state index contributed by atoms with van der Waals surface area (Å²) in [5, 5.41) is 12.8. The molecular weight excluding hydrogens is 299 g/mol. The van der Waals surface area contributed by atoms with Crippen molar-refractivity contribution >= 4 is 5.91 Å². The Morgan fingerprint density at radius 1 is 1.52 bits per heavy atom. The van der Waals surface area contributed by atoms with Gasteiger partial charge in [0.15, 0.2) is 0 Å². The van der Waals surface area contributed by atoms with E-state index in [1.165, 1.54) is 31.0 Å². The number of hydrogen-bond acceptors (Lipinski definition) is 4. The number of rotatable bonds is 5. The van der Waals surface area contributed by atoms with Crippen LogP contribution in [0.25, 0.3) is 0 Å². The number of morpholine rings is 1. The molecule has 2 fully saturated rings. The number of nitrogens with one attached hydrogen (secondary N) is 1. The van der Waals surface area contributed by atoms with Crippen LogP contribution in [0.2, 0.25) is 0 Å². The summed E-state index contributed by atoms with van der Waals surface area (Å²) in [4.78, 5) is 14.4. The normalized spacial score (nSPS) is 25.8. The molecule has 0 unspecified atom stereocenters. The van der Waals surface area contributed by atoms with Crippen LogP contribution in [0.4, 0.5) is 4.39 Å². The van der Waals surface area contributed by atoms with Gasteiger partial charge in [0.1, 0.15) is 5.82 Å². The molecule has 0 aliphatic carbocycles. The first-order valence-electron chi connectivity index (χ1n) is 8.17. The van der Waals surface area contributed by atoms with Crippen molar-refractivity contribution in [2.75, 3.05) is 26.2 Å². The highest BCUT2D eigenvalue weighted by Crippen LogP contribution is 2.22. The second-order valence-electron chi connectivity index (χ2n) is 6.33. The van der Waals surface area contributed by atoms with Crippen LogP contribution >= 0.6 is 0 Å². The topological polar surface area (TPSA) is 61.8 Å². The molecule has 1 amide bonds. The van der Waals surface area contributed by atoms with Gasteiger partial charge in [0.2, 0.25) is 5.91 Å². The smallest absolute Gasteiger partial charge is 0.223 e. The minimum atomic E-state index is -0.999. The molecule has 0 radical (unpaired) electrons. The van der Waals surface area contributed by atoms with Gasteiger partial charge in [-0.25, -0.2) is 4.39 Å². The quantitative estimate of drug-likeness (QED) is 0.856. The molecule has 3 rings (SSSR count). The largest absolute Gasteiger partial charge is 0.388 e. The zero-order valence-electron chi connectivity index (χ0n) is 13.1. The Hall–Kier alpha value is -1.50. The Kier molecular flexibility index (Phi) is 5.25. The summed E-state index contributed by atoms with van der Waals surface area (Å²) >= 11 is 0. The number of carbonyl (C=O) groups is 1. The van der Waals surface area contributed by atoms with Crippen molar-refractivity contribution in [3.63, 3.8) is 0 Å². The maximum atomic E-state index is 13.1. The first-order chi connectivity index (χ1) is 11.1. The third-order valence-corrected chi connectivity index (χ3v) is 4.60. The van der Waals surface area contributed by atoms with E-state index < -0.39 is 11.9 Å². The summed E-state index contributed by atoms with van der Waals surface area (Å²) in [5.74, 6) is -0.674. The first-order valence-corrected chi connectivity index (χ1v) is 8.17. The molecule has 0 spiro atoms. The van der Waals surface area contributed by atoms with Crippen molar-refractivity contribution in [3.05, 3.63) is 35.6 Å². The van der Waals surface area contributed by atoms with E-state index in [9.17, 15) is 14.3 Å². The van der Waals surface area contributed by atoms with Crippen LogP contribution in [-0.2, 0) is 9.53 Å². The predicted octanol–water partition coefficient (Wildman–Crippen LogP) is 1.23. The van der Waals surface area contributed by atoms with E-state index in [4.69, 9.17) is 4.74 Å². The zero-order valence-corrected chi connectivity index (χ0v) is 13.1. The van der Waals surface area contributed by atoms with E-state index in [2.05, 4.69) is 10.2 Å². The molecule has 0 saturated carbocycles. The number of fused-ring (bicyclic) bond motifs is 1. The summed E-state index contributed by atoms with van der Waals surface area (Å²) < 4.78 is 18.9. The maximum Gasteiger partial charge on any atom is 0.223 e. The lowest BCUT2D eigenvalue weighted by molar-refractivity contribution is -0.124. The molecule has 3 atom stereocenters. The molecule has 2 aliphatic rings. The number of ether oxygens (including phenoxy) is 1. The van der Waals surface area contributed by atoms with Crippen LogP contribution in [0.1, 0.15) is 30.9 Å². The Morgan fingerprint density at radius 2 is 2.39 bits per heavy atom. The number of amides is 1. The van der Waals surface area contributed by atoms with Gasteiger partial charge in [-0.2, -0.15) is 0 Å². The standard InChI is InChI=1S/C17H23FN2O3/c18-13-4-1-3-12(7-13)16(21)8-17(22)19-9-15-10-20-6-2-5-14(20)11-23-15/h1,3-4,7,14-16,21H,2,5-6,8-11H2,(H,19,22)/t14-,15-,16-/m0/s1. The lowest BCUT2D eigenvalue weighted by Gasteiger charge is -2.35. The molecule has 0 bridgehead atoms. The van der Waals surface area contributed by atoms with Crippen molar-refractivity contribution in [1.29, 1.82) is 0 Å². The van der Waals surface area contributed by atoms with Crippen molar-refractivity contribution in [1.82, 2.24) is 10.2 Å². The van der Waals surface area contributed by atoms with Crippen LogP contribution in [-0.4, -0.2) is 54.3 Å². The van der Waals surface area contributed by atoms with E-state index in [1.54, 1.807) is 6.07 Å². The van der Waals surface area contributed by atoms with Crippen molar-refractivity contribution in [2.24, 2.45) is 0 Å². The second kappa shape index (κ2) is 7.38. The van der Waals surface area contributed by atoms with Gasteiger partial charge in [0.25, 0.3) is 0 Å². The minimum absolute atomic E-state index is 0.000359. The molecule has 2 saturated heterocycles. The van der Waals surface area contributed by atoms with Gasteiger partial charge in [-0.05, 0) is 37.1 Å². The average Bonchev–Trinajstić information content (AvgIpc) is 3.00. The molecule has 126 valence electrons. The van der Waals surface area contributed by atoms with Gasteiger partial charge in [-0.15, -0.1) is 0 Å². The lowest BCUT2D eigenvalue weighted by atomic mass is 10.1. The number of hydrogen-bond donors (Lipinski definition) is 2. The van der Waals surface area contributed by atoms with Gasteiger partial charge < -0.3 is 15.2 Å². The molecule has 2 aliphatic heterocycles. The number of nitrogens with zero attached hydrogens (tertiary/aromatic N) is 1. The molecule has 6 heteroatoms. The Morgan fingerprint density at radius 3 is 3.22 bits per heavy atom. The second-order valence-corrected chi connectivity index (χ2v) is 6.33. The molecule has 1 aromatic rings. The molecule has 5 nitrogen and oxygen atoms in total. The number of benzene rings is 1. The maximum absolute atomic E-state index is 13.1. The van der Waals surface area contributed by atoms with Gasteiger partial charge in [0.05, 0.1) is 25.2 Å². The zero-order chi connectivity index (χ0) is 16.2. The molecule has 2 heterocycles. The summed E-state index contributed by atoms with van der Waals surface area (Å²) in [6, 6.07) is 6.22. The number of carbonyl (C=O) groups excluding carboxylic acids is 1. The highest BCUT2D eigenvalue weighted by molar-refractivity contribution is 5.76. The summed E-state index contributed by atoms with van der Waals surface area (Å²) in [6.07, 6.45) is 1.33. The highest BCUT2D eigenvalue weighted by atomic mass is 19.1. The van der Waals surface area contributed by atoms with Crippen LogP contribution < -0.4 is 5.32 Å². The van der Waals surface area contributed by atoms with Crippen molar-refractivity contribution < 1.29 is 19.0 Å². The summed E-state index contributed by atoms with van der Waals surface area (Å²) in [6.45, 7) is 3.12. The van der Waals surface area contributed by atoms with Crippen molar-refractivity contribution in [2.45, 2.75) is 37.5 Å². The van der Waals surface area contributed by atoms with Crippen molar-refractivity contribution in [3.8, 4) is 0 Å². The van der Waals surface area contributed by atoms with Gasteiger partial charge in [-0.3, -0.25) is 9.69 Å². The van der Waals surface area contributed by atoms with Gasteiger partial charge in [0, 0.05) is 19.1 Å². The average molecular weight is 322 g/mol. The fourth-order valence-corrected chi connectivity index (χ4v) is 3.32. The lowest BCUT2D eigenvalue weighted by Crippen LogP contribution is -2.50. The summed E-state index contributed by atoms with van der Waals surface area (Å²) in [7, 11) is 0. The van der Waals surface area contributed by atoms with Gasteiger partial charge in [-0.1, -0.05) is 12.1 Å². The molecule has 1 aromatic carbocycles. The third kappa shape index (κ3) is 4.28. The SMILES string of the molecule is O=C(C[C@H](O)c1cccc(F)c1)NC[C@H]1CN2CCC[C@H]2CO1. The first kappa shape index (κ1) is 16.4. The monoisotopic (exact) mass is 322 g/mol. The third-order valence-electron chi connectivity index (χ3n) is 4.60. The molecular formula is C17H23FN2O3.